The Kier molecular flexibility index (Phi) is 4.76. The van der Waals surface area contributed by atoms with Gasteiger partial charge in [0, 0.05) is 48.6 Å². The number of piperazine rings is 1. The van der Waals surface area contributed by atoms with Gasteiger partial charge in [-0.2, -0.15) is 0 Å². The van der Waals surface area contributed by atoms with Gasteiger partial charge in [0.25, 0.3) is 0 Å². The predicted molar refractivity (Wildman–Crippen MR) is 132 cm³/mol. The minimum Gasteiger partial charge on any atom is -0.368 e. The molecule has 0 spiro atoms. The van der Waals surface area contributed by atoms with E-state index >= 15 is 0 Å². The monoisotopic (exact) mass is 451 g/mol. The fourth-order valence-electron chi connectivity index (χ4n) is 4.95. The zero-order chi connectivity index (χ0) is 23.2. The van der Waals surface area contributed by atoms with Crippen LogP contribution in [0.5, 0.6) is 0 Å². The average Bonchev–Trinajstić information content (AvgIpc) is 3.16. The molecular weight excluding hydrogens is 429 g/mol. The molecule has 0 bridgehead atoms. The van der Waals surface area contributed by atoms with Crippen LogP contribution >= 0.6 is 0 Å². The summed E-state index contributed by atoms with van der Waals surface area (Å²) in [6.07, 6.45) is 0. The Labute approximate surface area is 196 Å². The molecule has 2 heterocycles. The maximum absolute atomic E-state index is 14.3. The molecule has 0 radical (unpaired) electrons. The number of nitrogens with two attached hydrogens (primary N) is 1. The van der Waals surface area contributed by atoms with Crippen LogP contribution in [0.3, 0.4) is 0 Å². The van der Waals surface area contributed by atoms with Gasteiger partial charge in [-0.05, 0) is 18.2 Å². The summed E-state index contributed by atoms with van der Waals surface area (Å²) in [5.74, 6) is -0.162. The molecule has 0 atom stereocenters. The number of hydrogen-bond donors (Lipinski definition) is 1. The standard InChI is InChI=1S/C27H22FN5O/c28-19-10-4-5-11-20(19)32-13-15-33(16-14-32)21-12-6-9-18-22(21)25-23(26(18)34)24(30-27(29)31-25)17-7-2-1-3-8-17/h1-12H,13-16H2,(H2,29,30,31). The largest absolute Gasteiger partial charge is 0.368 e. The second kappa shape index (κ2) is 7.95. The number of halogens is 1. The third-order valence-electron chi connectivity index (χ3n) is 6.54. The minimum atomic E-state index is -0.211. The SMILES string of the molecule is Nc1nc(-c2ccccc2)c2c(n1)-c1c(cccc1N1CCN(c3ccccc3F)CC1)C2=O. The third kappa shape index (κ3) is 3.20. The van der Waals surface area contributed by atoms with Gasteiger partial charge >= 0.3 is 0 Å². The normalized spacial score (nSPS) is 14.8. The van der Waals surface area contributed by atoms with Crippen molar-refractivity contribution in [1.82, 2.24) is 9.97 Å². The molecule has 1 fully saturated rings. The highest BCUT2D eigenvalue weighted by molar-refractivity contribution is 6.25. The molecule has 2 aliphatic rings. The predicted octanol–water partition coefficient (Wildman–Crippen LogP) is 4.40. The van der Waals surface area contributed by atoms with E-state index in [-0.39, 0.29) is 17.5 Å². The van der Waals surface area contributed by atoms with E-state index in [9.17, 15) is 9.18 Å². The summed E-state index contributed by atoms with van der Waals surface area (Å²) in [6.45, 7) is 2.74. The number of para-hydroxylation sites is 1. The number of aromatic nitrogens is 2. The lowest BCUT2D eigenvalue weighted by atomic mass is 10.0. The van der Waals surface area contributed by atoms with E-state index in [1.165, 1.54) is 6.07 Å². The van der Waals surface area contributed by atoms with Gasteiger partial charge in [-0.25, -0.2) is 14.4 Å². The number of fused-ring (bicyclic) bond motifs is 3. The fraction of sp³-hybridized carbons (Fsp3) is 0.148. The molecule has 6 nitrogen and oxygen atoms in total. The van der Waals surface area contributed by atoms with Crippen molar-refractivity contribution in [1.29, 1.82) is 0 Å². The summed E-state index contributed by atoms with van der Waals surface area (Å²) in [4.78, 5) is 26.8. The fourth-order valence-corrected chi connectivity index (χ4v) is 4.95. The van der Waals surface area contributed by atoms with Gasteiger partial charge in [0.05, 0.1) is 22.6 Å². The van der Waals surface area contributed by atoms with Crippen LogP contribution in [0.15, 0.2) is 72.8 Å². The first-order chi connectivity index (χ1) is 16.6. The molecule has 168 valence electrons. The number of hydrogen-bond acceptors (Lipinski definition) is 6. The number of nitrogens with zero attached hydrogens (tertiary/aromatic N) is 4. The van der Waals surface area contributed by atoms with E-state index in [0.29, 0.717) is 54.4 Å². The van der Waals surface area contributed by atoms with Crippen molar-refractivity contribution in [2.45, 2.75) is 0 Å². The molecule has 6 rings (SSSR count). The summed E-state index contributed by atoms with van der Waals surface area (Å²) < 4.78 is 14.3. The van der Waals surface area contributed by atoms with Gasteiger partial charge in [-0.3, -0.25) is 4.79 Å². The summed E-state index contributed by atoms with van der Waals surface area (Å²) >= 11 is 0. The molecule has 7 heteroatoms. The molecular formula is C27H22FN5O. The molecule has 1 aliphatic carbocycles. The van der Waals surface area contributed by atoms with Crippen molar-refractivity contribution in [3.05, 3.63) is 89.7 Å². The van der Waals surface area contributed by atoms with Crippen molar-refractivity contribution in [2.75, 3.05) is 41.7 Å². The number of benzene rings is 3. The summed E-state index contributed by atoms with van der Waals surface area (Å²) in [5, 5.41) is 0. The third-order valence-corrected chi connectivity index (χ3v) is 6.54. The van der Waals surface area contributed by atoms with Crippen LogP contribution in [0.2, 0.25) is 0 Å². The average molecular weight is 452 g/mol. The molecule has 3 aromatic carbocycles. The zero-order valence-corrected chi connectivity index (χ0v) is 18.4. The van der Waals surface area contributed by atoms with Gasteiger partial charge in [0.15, 0.2) is 5.78 Å². The van der Waals surface area contributed by atoms with Gasteiger partial charge in [-0.15, -0.1) is 0 Å². The number of anilines is 3. The highest BCUT2D eigenvalue weighted by Crippen LogP contribution is 2.45. The van der Waals surface area contributed by atoms with Gasteiger partial charge in [0.1, 0.15) is 5.82 Å². The zero-order valence-electron chi connectivity index (χ0n) is 18.4. The quantitative estimate of drug-likeness (QED) is 0.438. The Balaban J connectivity index is 1.39. The molecule has 1 saturated heterocycles. The number of rotatable bonds is 3. The van der Waals surface area contributed by atoms with Crippen LogP contribution in [0.25, 0.3) is 22.5 Å². The summed E-state index contributed by atoms with van der Waals surface area (Å²) in [7, 11) is 0. The second-order valence-electron chi connectivity index (χ2n) is 8.47. The van der Waals surface area contributed by atoms with Crippen LogP contribution in [-0.2, 0) is 0 Å². The minimum absolute atomic E-state index is 0.0873. The molecule has 0 unspecified atom stereocenters. The van der Waals surface area contributed by atoms with Crippen LogP contribution in [0.4, 0.5) is 21.7 Å². The van der Waals surface area contributed by atoms with E-state index < -0.39 is 0 Å². The number of ketones is 1. The Hall–Kier alpha value is -4.26. The van der Waals surface area contributed by atoms with Crippen molar-refractivity contribution in [3.63, 3.8) is 0 Å². The van der Waals surface area contributed by atoms with E-state index in [0.717, 1.165) is 16.8 Å². The second-order valence-corrected chi connectivity index (χ2v) is 8.47. The topological polar surface area (TPSA) is 75.3 Å². The summed E-state index contributed by atoms with van der Waals surface area (Å²) in [6, 6.07) is 22.2. The molecule has 0 amide bonds. The van der Waals surface area contributed by atoms with Crippen molar-refractivity contribution in [3.8, 4) is 22.5 Å². The van der Waals surface area contributed by atoms with Crippen molar-refractivity contribution < 1.29 is 9.18 Å². The van der Waals surface area contributed by atoms with Gasteiger partial charge in [0.2, 0.25) is 5.95 Å². The highest BCUT2D eigenvalue weighted by Gasteiger charge is 2.36. The number of nitrogen functional groups attached to an aromatic ring is 1. The lowest BCUT2D eigenvalue weighted by molar-refractivity contribution is 0.104. The maximum atomic E-state index is 14.3. The molecule has 34 heavy (non-hydrogen) atoms. The van der Waals surface area contributed by atoms with E-state index in [1.54, 1.807) is 6.07 Å². The lowest BCUT2D eigenvalue weighted by Crippen LogP contribution is -2.47. The van der Waals surface area contributed by atoms with E-state index in [4.69, 9.17) is 5.73 Å². The highest BCUT2D eigenvalue weighted by atomic mass is 19.1. The van der Waals surface area contributed by atoms with Crippen LogP contribution in [0.1, 0.15) is 15.9 Å². The first-order valence-corrected chi connectivity index (χ1v) is 11.3. The van der Waals surface area contributed by atoms with Crippen molar-refractivity contribution >= 4 is 23.1 Å². The van der Waals surface area contributed by atoms with Gasteiger partial charge in [-0.1, -0.05) is 54.6 Å². The first kappa shape index (κ1) is 20.4. The molecule has 1 aromatic heterocycles. The number of carbonyl (C=O) groups excluding carboxylic acids is 1. The van der Waals surface area contributed by atoms with Crippen molar-refractivity contribution in [2.24, 2.45) is 0 Å². The van der Waals surface area contributed by atoms with Crippen LogP contribution in [0, 0.1) is 5.82 Å². The Morgan fingerprint density at radius 1 is 0.706 bits per heavy atom. The van der Waals surface area contributed by atoms with Gasteiger partial charge < -0.3 is 15.5 Å². The van der Waals surface area contributed by atoms with Crippen LogP contribution < -0.4 is 15.5 Å². The maximum Gasteiger partial charge on any atom is 0.221 e. The Bertz CT molecular complexity index is 1410. The molecule has 1 aliphatic heterocycles. The lowest BCUT2D eigenvalue weighted by Gasteiger charge is -2.38. The Morgan fingerprint density at radius 2 is 1.32 bits per heavy atom. The van der Waals surface area contributed by atoms with E-state index in [2.05, 4.69) is 19.8 Å². The van der Waals surface area contributed by atoms with E-state index in [1.807, 2.05) is 60.7 Å². The molecule has 2 N–H and O–H groups in total. The Morgan fingerprint density at radius 3 is 2.06 bits per heavy atom. The molecule has 0 saturated carbocycles. The number of carbonyl (C=O) groups is 1. The van der Waals surface area contributed by atoms with Crippen LogP contribution in [-0.4, -0.2) is 41.9 Å². The smallest absolute Gasteiger partial charge is 0.221 e. The summed E-state index contributed by atoms with van der Waals surface area (Å²) in [5.41, 5.74) is 11.5. The molecule has 4 aromatic rings. The first-order valence-electron chi connectivity index (χ1n) is 11.3.